The molecule has 1 N–H and O–H groups in total. The lowest BCUT2D eigenvalue weighted by Gasteiger charge is -2.14. The lowest BCUT2D eigenvalue weighted by Crippen LogP contribution is -2.31. The summed E-state index contributed by atoms with van der Waals surface area (Å²) in [7, 11) is 0. The van der Waals surface area contributed by atoms with Crippen LogP contribution in [-0.4, -0.2) is 22.0 Å². The largest absolute Gasteiger partial charge is 0.354 e. The van der Waals surface area contributed by atoms with Gasteiger partial charge in [-0.05, 0) is 32.3 Å². The molecule has 0 saturated heterocycles. The predicted molar refractivity (Wildman–Crippen MR) is 86.8 cm³/mol. The Bertz CT molecular complexity index is 644. The van der Waals surface area contributed by atoms with Crippen molar-refractivity contribution in [2.45, 2.75) is 45.1 Å². The molecule has 1 aliphatic rings. The maximum absolute atomic E-state index is 12.3. The molecule has 2 aromatic rings. The van der Waals surface area contributed by atoms with E-state index in [0.29, 0.717) is 12.5 Å². The highest BCUT2D eigenvalue weighted by atomic mass is 16.1. The first kappa shape index (κ1) is 14.8. The fourth-order valence-corrected chi connectivity index (χ4v) is 2.77. The Morgan fingerprint density at radius 2 is 2.09 bits per heavy atom. The molecule has 1 heterocycles. The molecule has 1 fully saturated rings. The van der Waals surface area contributed by atoms with Crippen LogP contribution in [0.5, 0.6) is 0 Å². The van der Waals surface area contributed by atoms with Gasteiger partial charge in [0.2, 0.25) is 5.91 Å². The Balaban J connectivity index is 1.55. The van der Waals surface area contributed by atoms with E-state index in [2.05, 4.69) is 21.8 Å². The van der Waals surface area contributed by atoms with Crippen molar-refractivity contribution >= 4 is 5.91 Å². The highest BCUT2D eigenvalue weighted by molar-refractivity contribution is 5.83. The third-order valence-corrected chi connectivity index (χ3v) is 4.36. The number of aromatic nitrogens is 2. The van der Waals surface area contributed by atoms with Gasteiger partial charge in [0.25, 0.3) is 0 Å². The van der Waals surface area contributed by atoms with Crippen LogP contribution in [0.3, 0.4) is 0 Å². The van der Waals surface area contributed by atoms with Crippen molar-refractivity contribution in [3.05, 3.63) is 53.6 Å². The lowest BCUT2D eigenvalue weighted by atomic mass is 10.0. The van der Waals surface area contributed by atoms with Gasteiger partial charge in [-0.3, -0.25) is 4.79 Å². The average Bonchev–Trinajstić information content (AvgIpc) is 3.32. The number of hydrogen-bond donors (Lipinski definition) is 1. The summed E-state index contributed by atoms with van der Waals surface area (Å²) in [6, 6.07) is 9.89. The van der Waals surface area contributed by atoms with Crippen LogP contribution in [-0.2, 0) is 11.3 Å². The van der Waals surface area contributed by atoms with Gasteiger partial charge < -0.3 is 9.88 Å². The van der Waals surface area contributed by atoms with Gasteiger partial charge in [-0.2, -0.15) is 0 Å². The normalized spacial score (nSPS) is 15.5. The van der Waals surface area contributed by atoms with E-state index in [-0.39, 0.29) is 11.8 Å². The third-order valence-electron chi connectivity index (χ3n) is 4.36. The van der Waals surface area contributed by atoms with Crippen molar-refractivity contribution in [1.82, 2.24) is 14.9 Å². The molecule has 1 saturated carbocycles. The first-order valence-electron chi connectivity index (χ1n) is 8.01. The molecule has 3 rings (SSSR count). The van der Waals surface area contributed by atoms with Gasteiger partial charge in [-0.15, -0.1) is 0 Å². The molecule has 1 amide bonds. The van der Waals surface area contributed by atoms with Crippen LogP contribution >= 0.6 is 0 Å². The minimum absolute atomic E-state index is 0.0805. The SMILES string of the molecule is Cc1cnc(C2CC2)n1CCNC(=O)C(C)c1ccccc1. The Morgan fingerprint density at radius 3 is 2.77 bits per heavy atom. The molecule has 4 nitrogen and oxygen atoms in total. The van der Waals surface area contributed by atoms with Crippen molar-refractivity contribution in [2.24, 2.45) is 0 Å². The Hall–Kier alpha value is -2.10. The van der Waals surface area contributed by atoms with Crippen LogP contribution in [0.15, 0.2) is 36.5 Å². The number of nitrogens with zero attached hydrogens (tertiary/aromatic N) is 2. The smallest absolute Gasteiger partial charge is 0.227 e. The molecule has 1 atom stereocenters. The van der Waals surface area contributed by atoms with Crippen molar-refractivity contribution in [1.29, 1.82) is 0 Å². The second kappa shape index (κ2) is 6.34. The first-order valence-corrected chi connectivity index (χ1v) is 8.01. The third kappa shape index (κ3) is 3.21. The van der Waals surface area contributed by atoms with E-state index in [1.165, 1.54) is 24.4 Å². The van der Waals surface area contributed by atoms with Gasteiger partial charge in [0.15, 0.2) is 0 Å². The summed E-state index contributed by atoms with van der Waals surface area (Å²) in [6.45, 7) is 5.47. The fourth-order valence-electron chi connectivity index (χ4n) is 2.77. The van der Waals surface area contributed by atoms with Crippen LogP contribution in [0.25, 0.3) is 0 Å². The van der Waals surface area contributed by atoms with Crippen molar-refractivity contribution < 1.29 is 4.79 Å². The first-order chi connectivity index (χ1) is 10.7. The van der Waals surface area contributed by atoms with Crippen molar-refractivity contribution in [2.75, 3.05) is 6.54 Å². The molecule has 0 spiro atoms. The molecule has 0 aliphatic heterocycles. The van der Waals surface area contributed by atoms with E-state index in [4.69, 9.17) is 0 Å². The predicted octanol–water partition coefficient (Wildman–Crippen LogP) is 2.99. The quantitative estimate of drug-likeness (QED) is 0.891. The van der Waals surface area contributed by atoms with E-state index in [1.54, 1.807) is 0 Å². The minimum atomic E-state index is -0.118. The molecule has 116 valence electrons. The van der Waals surface area contributed by atoms with Crippen LogP contribution in [0, 0.1) is 6.92 Å². The summed E-state index contributed by atoms with van der Waals surface area (Å²) in [4.78, 5) is 16.8. The van der Waals surface area contributed by atoms with Gasteiger partial charge in [-0.1, -0.05) is 30.3 Å². The number of aryl methyl sites for hydroxylation is 1. The molecule has 22 heavy (non-hydrogen) atoms. The summed E-state index contributed by atoms with van der Waals surface area (Å²) in [5, 5.41) is 3.05. The van der Waals surface area contributed by atoms with Crippen LogP contribution < -0.4 is 5.32 Å². The number of imidazole rings is 1. The summed E-state index contributed by atoms with van der Waals surface area (Å²) in [5.74, 6) is 1.78. The highest BCUT2D eigenvalue weighted by Gasteiger charge is 2.28. The van der Waals surface area contributed by atoms with Gasteiger partial charge in [-0.25, -0.2) is 4.98 Å². The molecule has 0 bridgehead atoms. The Labute approximate surface area is 131 Å². The summed E-state index contributed by atoms with van der Waals surface area (Å²) in [5.41, 5.74) is 2.23. The zero-order valence-corrected chi connectivity index (χ0v) is 13.2. The van der Waals surface area contributed by atoms with E-state index >= 15 is 0 Å². The number of hydrogen-bond acceptors (Lipinski definition) is 2. The van der Waals surface area contributed by atoms with Gasteiger partial charge >= 0.3 is 0 Å². The molecule has 1 aliphatic carbocycles. The molecule has 0 radical (unpaired) electrons. The molecular weight excluding hydrogens is 274 g/mol. The molecule has 1 aromatic heterocycles. The van der Waals surface area contributed by atoms with E-state index in [9.17, 15) is 4.79 Å². The topological polar surface area (TPSA) is 46.9 Å². The molecule has 1 aromatic carbocycles. The Morgan fingerprint density at radius 1 is 1.36 bits per heavy atom. The lowest BCUT2D eigenvalue weighted by molar-refractivity contribution is -0.122. The van der Waals surface area contributed by atoms with Gasteiger partial charge in [0.05, 0.1) is 5.92 Å². The van der Waals surface area contributed by atoms with Crippen molar-refractivity contribution in [3.63, 3.8) is 0 Å². The molecule has 4 heteroatoms. The number of rotatable bonds is 6. The monoisotopic (exact) mass is 297 g/mol. The second-order valence-corrected chi connectivity index (χ2v) is 6.11. The number of nitrogens with one attached hydrogen (secondary N) is 1. The van der Waals surface area contributed by atoms with Crippen LogP contribution in [0.2, 0.25) is 0 Å². The fraction of sp³-hybridized carbons (Fsp3) is 0.444. The van der Waals surface area contributed by atoms with E-state index in [1.807, 2.05) is 43.5 Å². The van der Waals surface area contributed by atoms with E-state index < -0.39 is 0 Å². The van der Waals surface area contributed by atoms with E-state index in [0.717, 1.165) is 12.1 Å². The summed E-state index contributed by atoms with van der Waals surface area (Å²) in [6.07, 6.45) is 4.42. The Kier molecular flexibility index (Phi) is 4.27. The van der Waals surface area contributed by atoms with Crippen LogP contribution in [0.1, 0.15) is 48.7 Å². The minimum Gasteiger partial charge on any atom is -0.354 e. The van der Waals surface area contributed by atoms with Gasteiger partial charge in [0, 0.05) is 30.9 Å². The number of carbonyl (C=O) groups is 1. The number of amides is 1. The maximum atomic E-state index is 12.3. The highest BCUT2D eigenvalue weighted by Crippen LogP contribution is 2.39. The summed E-state index contributed by atoms with van der Waals surface area (Å²) < 4.78 is 2.24. The zero-order chi connectivity index (χ0) is 15.5. The maximum Gasteiger partial charge on any atom is 0.227 e. The zero-order valence-electron chi connectivity index (χ0n) is 13.2. The standard InChI is InChI=1S/C18H23N3O/c1-13-12-20-17(16-8-9-16)21(13)11-10-19-18(22)14(2)15-6-4-3-5-7-15/h3-7,12,14,16H,8-11H2,1-2H3,(H,19,22). The average molecular weight is 297 g/mol. The number of benzene rings is 1. The van der Waals surface area contributed by atoms with Gasteiger partial charge in [0.1, 0.15) is 5.82 Å². The second-order valence-electron chi connectivity index (χ2n) is 6.11. The summed E-state index contributed by atoms with van der Waals surface area (Å²) >= 11 is 0. The molecule has 1 unspecified atom stereocenters. The molecular formula is C18H23N3O. The van der Waals surface area contributed by atoms with Crippen LogP contribution in [0.4, 0.5) is 0 Å². The number of carbonyl (C=O) groups excluding carboxylic acids is 1. The van der Waals surface area contributed by atoms with Crippen molar-refractivity contribution in [3.8, 4) is 0 Å².